The van der Waals surface area contributed by atoms with Gasteiger partial charge in [-0.1, -0.05) is 0 Å². The molecule has 1 aromatic rings. The van der Waals surface area contributed by atoms with Crippen molar-refractivity contribution in [3.05, 3.63) is 23.0 Å². The van der Waals surface area contributed by atoms with Crippen LogP contribution in [0.4, 0.5) is 0 Å². The lowest BCUT2D eigenvalue weighted by Gasteiger charge is -2.11. The van der Waals surface area contributed by atoms with E-state index < -0.39 is 0 Å². The molecule has 1 rings (SSSR count). The van der Waals surface area contributed by atoms with Gasteiger partial charge >= 0.3 is 0 Å². The number of pyridine rings is 1. The summed E-state index contributed by atoms with van der Waals surface area (Å²) in [5.74, 6) is 0.0114. The Morgan fingerprint density at radius 1 is 1.50 bits per heavy atom. The summed E-state index contributed by atoms with van der Waals surface area (Å²) in [5.41, 5.74) is 1.70. The van der Waals surface area contributed by atoms with Crippen molar-refractivity contribution in [3.8, 4) is 5.75 Å². The molecule has 16 heavy (non-hydrogen) atoms. The summed E-state index contributed by atoms with van der Waals surface area (Å²) in [5, 5.41) is 9.68. The van der Waals surface area contributed by atoms with E-state index in [9.17, 15) is 9.90 Å². The number of aldehydes is 1. The number of hydrogen-bond donors (Lipinski definition) is 1. The molecular formula is C12H18N2O2. The predicted octanol–water partition coefficient (Wildman–Crippen LogP) is 1.40. The Kier molecular flexibility index (Phi) is 4.43. The van der Waals surface area contributed by atoms with Crippen LogP contribution in [0.5, 0.6) is 5.75 Å². The molecule has 0 amide bonds. The van der Waals surface area contributed by atoms with Crippen LogP contribution in [0, 0.1) is 6.92 Å². The molecule has 0 unspecified atom stereocenters. The molecule has 0 aliphatic rings. The molecule has 1 N–H and O–H groups in total. The fraction of sp³-hybridized carbons (Fsp3) is 0.500. The van der Waals surface area contributed by atoms with Crippen LogP contribution in [0.3, 0.4) is 0 Å². The van der Waals surface area contributed by atoms with Crippen LogP contribution in [-0.2, 0) is 6.42 Å². The Balaban J connectivity index is 2.80. The first-order valence-electron chi connectivity index (χ1n) is 5.33. The highest BCUT2D eigenvalue weighted by Gasteiger charge is 2.10. The lowest BCUT2D eigenvalue weighted by atomic mass is 10.0. The quantitative estimate of drug-likeness (QED) is 0.765. The third-order valence-corrected chi connectivity index (χ3v) is 2.53. The van der Waals surface area contributed by atoms with E-state index in [-0.39, 0.29) is 5.75 Å². The lowest BCUT2D eigenvalue weighted by molar-refractivity contribution is 0.111. The number of hydrogen-bond acceptors (Lipinski definition) is 4. The summed E-state index contributed by atoms with van der Waals surface area (Å²) in [7, 11) is 4.01. The third-order valence-electron chi connectivity index (χ3n) is 2.53. The van der Waals surface area contributed by atoms with Gasteiger partial charge in [0, 0.05) is 6.20 Å². The number of carbonyl (C=O) groups excluding carboxylic acids is 1. The maximum Gasteiger partial charge on any atom is 0.154 e. The van der Waals surface area contributed by atoms with E-state index in [4.69, 9.17) is 0 Å². The number of aromatic nitrogens is 1. The molecule has 0 fully saturated rings. The van der Waals surface area contributed by atoms with Crippen LogP contribution in [0.2, 0.25) is 0 Å². The Labute approximate surface area is 95.9 Å². The van der Waals surface area contributed by atoms with E-state index in [2.05, 4.69) is 9.88 Å². The molecule has 0 aromatic carbocycles. The summed E-state index contributed by atoms with van der Waals surface area (Å²) >= 11 is 0. The van der Waals surface area contributed by atoms with E-state index >= 15 is 0 Å². The van der Waals surface area contributed by atoms with Crippen molar-refractivity contribution in [1.29, 1.82) is 0 Å². The van der Waals surface area contributed by atoms with Crippen molar-refractivity contribution in [2.75, 3.05) is 20.6 Å². The SMILES string of the molecule is Cc1ncc(CCCN(C)C)c(C=O)c1O. The molecule has 88 valence electrons. The van der Waals surface area contributed by atoms with Gasteiger partial charge in [-0.3, -0.25) is 9.78 Å². The van der Waals surface area contributed by atoms with Gasteiger partial charge in [0.05, 0.1) is 11.3 Å². The van der Waals surface area contributed by atoms with Crippen molar-refractivity contribution in [2.24, 2.45) is 0 Å². The second-order valence-electron chi connectivity index (χ2n) is 4.16. The maximum atomic E-state index is 10.9. The lowest BCUT2D eigenvalue weighted by Crippen LogP contribution is -2.14. The highest BCUT2D eigenvalue weighted by atomic mass is 16.3. The summed E-state index contributed by atoms with van der Waals surface area (Å²) in [6, 6.07) is 0. The number of aryl methyl sites for hydroxylation is 2. The Bertz CT molecular complexity index is 376. The highest BCUT2D eigenvalue weighted by molar-refractivity contribution is 5.81. The predicted molar refractivity (Wildman–Crippen MR) is 62.9 cm³/mol. The van der Waals surface area contributed by atoms with Gasteiger partial charge in [-0.2, -0.15) is 0 Å². The van der Waals surface area contributed by atoms with Crippen molar-refractivity contribution >= 4 is 6.29 Å². The van der Waals surface area contributed by atoms with Crippen molar-refractivity contribution in [2.45, 2.75) is 19.8 Å². The minimum atomic E-state index is 0.0114. The van der Waals surface area contributed by atoms with Gasteiger partial charge < -0.3 is 10.0 Å². The fourth-order valence-electron chi connectivity index (χ4n) is 1.57. The number of nitrogens with zero attached hydrogens (tertiary/aromatic N) is 2. The summed E-state index contributed by atoms with van der Waals surface area (Å²) in [6.45, 7) is 2.64. The molecule has 1 heterocycles. The van der Waals surface area contributed by atoms with Crippen LogP contribution in [0.25, 0.3) is 0 Å². The normalized spacial score (nSPS) is 10.8. The van der Waals surface area contributed by atoms with Gasteiger partial charge in [0.2, 0.25) is 0 Å². The molecule has 0 aliphatic carbocycles. The van der Waals surface area contributed by atoms with Crippen molar-refractivity contribution < 1.29 is 9.90 Å². The minimum Gasteiger partial charge on any atom is -0.505 e. The first-order chi connectivity index (χ1) is 7.56. The smallest absolute Gasteiger partial charge is 0.154 e. The molecule has 4 heteroatoms. The molecule has 0 saturated heterocycles. The molecule has 0 aliphatic heterocycles. The van der Waals surface area contributed by atoms with Gasteiger partial charge in [-0.05, 0) is 46.0 Å². The largest absolute Gasteiger partial charge is 0.505 e. The van der Waals surface area contributed by atoms with Crippen LogP contribution in [0.1, 0.15) is 28.0 Å². The average molecular weight is 222 g/mol. The molecule has 1 aromatic heterocycles. The molecule has 0 radical (unpaired) electrons. The molecule has 0 spiro atoms. The zero-order valence-corrected chi connectivity index (χ0v) is 10.0. The maximum absolute atomic E-state index is 10.9. The molecule has 0 atom stereocenters. The Morgan fingerprint density at radius 3 is 2.75 bits per heavy atom. The second kappa shape index (κ2) is 5.61. The Hall–Kier alpha value is -1.42. The van der Waals surface area contributed by atoms with E-state index in [0.717, 1.165) is 24.9 Å². The second-order valence-corrected chi connectivity index (χ2v) is 4.16. The topological polar surface area (TPSA) is 53.4 Å². The van der Waals surface area contributed by atoms with Gasteiger partial charge in [-0.25, -0.2) is 0 Å². The summed E-state index contributed by atoms with van der Waals surface area (Å²) < 4.78 is 0. The van der Waals surface area contributed by atoms with E-state index in [1.54, 1.807) is 13.1 Å². The number of aromatic hydroxyl groups is 1. The monoisotopic (exact) mass is 222 g/mol. The molecule has 4 nitrogen and oxygen atoms in total. The number of rotatable bonds is 5. The van der Waals surface area contributed by atoms with Gasteiger partial charge in [0.1, 0.15) is 5.75 Å². The van der Waals surface area contributed by atoms with Crippen LogP contribution < -0.4 is 0 Å². The number of carbonyl (C=O) groups is 1. The van der Waals surface area contributed by atoms with Gasteiger partial charge in [-0.15, -0.1) is 0 Å². The van der Waals surface area contributed by atoms with Crippen LogP contribution >= 0.6 is 0 Å². The summed E-state index contributed by atoms with van der Waals surface area (Å²) in [4.78, 5) is 17.0. The van der Waals surface area contributed by atoms with Gasteiger partial charge in [0.15, 0.2) is 6.29 Å². The van der Waals surface area contributed by atoms with Crippen LogP contribution in [0.15, 0.2) is 6.20 Å². The zero-order valence-electron chi connectivity index (χ0n) is 10.0. The van der Waals surface area contributed by atoms with Crippen molar-refractivity contribution in [1.82, 2.24) is 9.88 Å². The first-order valence-corrected chi connectivity index (χ1v) is 5.33. The zero-order chi connectivity index (χ0) is 12.1. The van der Waals surface area contributed by atoms with Crippen LogP contribution in [-0.4, -0.2) is 41.9 Å². The third kappa shape index (κ3) is 3.03. The summed E-state index contributed by atoms with van der Waals surface area (Å²) in [6.07, 6.45) is 4.08. The molecule has 0 saturated carbocycles. The Morgan fingerprint density at radius 2 is 2.19 bits per heavy atom. The van der Waals surface area contributed by atoms with E-state index in [1.807, 2.05) is 14.1 Å². The minimum absolute atomic E-state index is 0.0114. The van der Waals surface area contributed by atoms with E-state index in [1.165, 1.54) is 0 Å². The first kappa shape index (κ1) is 12.6. The fourth-order valence-corrected chi connectivity index (χ4v) is 1.57. The van der Waals surface area contributed by atoms with E-state index in [0.29, 0.717) is 17.5 Å². The van der Waals surface area contributed by atoms with Crippen molar-refractivity contribution in [3.63, 3.8) is 0 Å². The average Bonchev–Trinajstić information content (AvgIpc) is 2.23. The molecular weight excluding hydrogens is 204 g/mol. The highest BCUT2D eigenvalue weighted by Crippen LogP contribution is 2.22. The standard InChI is InChI=1S/C12H18N2O2/c1-9-12(16)11(8-15)10(7-13-9)5-4-6-14(2)3/h7-8,16H,4-6H2,1-3H3. The molecule has 0 bridgehead atoms. The van der Waals surface area contributed by atoms with Gasteiger partial charge in [0.25, 0.3) is 0 Å².